The molecule has 0 heterocycles. The molecule has 38 heavy (non-hydrogen) atoms. The van der Waals surface area contributed by atoms with Crippen LogP contribution in [0.2, 0.25) is 0 Å². The first kappa shape index (κ1) is 30.8. The Morgan fingerprint density at radius 2 is 1.42 bits per heavy atom. The topological polar surface area (TPSA) is 152 Å². The second kappa shape index (κ2) is 13.9. The summed E-state index contributed by atoms with van der Waals surface area (Å²) in [4.78, 5) is 30.2. The zero-order valence-corrected chi connectivity index (χ0v) is 23.7. The molecular weight excluding hydrogens is 530 g/mol. The second-order valence-corrected chi connectivity index (χ2v) is 12.0. The third-order valence-electron chi connectivity index (χ3n) is 5.01. The number of nitrogens with zero attached hydrogens (tertiary/aromatic N) is 3. The van der Waals surface area contributed by atoms with Crippen molar-refractivity contribution in [3.63, 3.8) is 0 Å². The van der Waals surface area contributed by atoms with Gasteiger partial charge >= 0.3 is 0 Å². The van der Waals surface area contributed by atoms with Crippen LogP contribution in [0.15, 0.2) is 75.2 Å². The van der Waals surface area contributed by atoms with Gasteiger partial charge in [-0.25, -0.2) is 21.2 Å². The Balaban J connectivity index is 2.12. The van der Waals surface area contributed by atoms with Gasteiger partial charge in [0.2, 0.25) is 16.0 Å². The van der Waals surface area contributed by atoms with E-state index in [4.69, 9.17) is 0 Å². The third-order valence-corrected chi connectivity index (χ3v) is 8.18. The van der Waals surface area contributed by atoms with Crippen molar-refractivity contribution in [2.24, 2.45) is 4.99 Å². The predicted octanol–water partition coefficient (Wildman–Crippen LogP) is 0.317. The number of nitrogens with one attached hydrogen (secondary N) is 4. The first-order chi connectivity index (χ1) is 17.9. The van der Waals surface area contributed by atoms with Gasteiger partial charge in [-0.15, -0.1) is 0 Å². The highest BCUT2D eigenvalue weighted by molar-refractivity contribution is 7.89. The molecule has 0 aliphatic rings. The van der Waals surface area contributed by atoms with Crippen molar-refractivity contribution in [2.75, 3.05) is 48.8 Å². The van der Waals surface area contributed by atoms with E-state index in [0.717, 1.165) is 4.31 Å². The van der Waals surface area contributed by atoms with Gasteiger partial charge in [-0.3, -0.25) is 19.9 Å². The van der Waals surface area contributed by atoms with E-state index in [2.05, 4.69) is 26.3 Å². The van der Waals surface area contributed by atoms with Gasteiger partial charge in [0.15, 0.2) is 0 Å². The fraction of sp³-hybridized carbons (Fsp3) is 0.292. The van der Waals surface area contributed by atoms with Gasteiger partial charge < -0.3 is 16.0 Å². The van der Waals surface area contributed by atoms with E-state index in [0.29, 0.717) is 17.0 Å². The van der Waals surface area contributed by atoms with E-state index in [1.54, 1.807) is 55.8 Å². The highest BCUT2D eigenvalue weighted by Crippen LogP contribution is 2.14. The molecule has 0 saturated heterocycles. The second-order valence-electron chi connectivity index (χ2n) is 8.18. The van der Waals surface area contributed by atoms with Crippen LogP contribution in [0.25, 0.3) is 0 Å². The average Bonchev–Trinajstić information content (AvgIpc) is 2.90. The van der Waals surface area contributed by atoms with Gasteiger partial charge in [0.05, 0.1) is 9.79 Å². The molecule has 2 rings (SSSR count). The van der Waals surface area contributed by atoms with Crippen molar-refractivity contribution >= 4 is 38.8 Å². The Labute approximate surface area is 225 Å². The van der Waals surface area contributed by atoms with Gasteiger partial charge in [0, 0.05) is 38.8 Å². The summed E-state index contributed by atoms with van der Waals surface area (Å²) in [5.74, 6) is -0.643. The lowest BCUT2D eigenvalue weighted by molar-refractivity contribution is 0.0962. The number of benzene rings is 2. The molecule has 14 heteroatoms. The molecule has 2 aromatic carbocycles. The third kappa shape index (κ3) is 8.29. The average molecular weight is 564 g/mol. The minimum absolute atomic E-state index is 0.0550. The van der Waals surface area contributed by atoms with Crippen molar-refractivity contribution < 1.29 is 22.2 Å². The fourth-order valence-electron chi connectivity index (χ4n) is 2.90. The number of carbonyl (C=O) groups excluding carboxylic acids is 2. The Bertz CT molecular complexity index is 1320. The number of carbonyl (C=O) groups is 2. The maximum absolute atomic E-state index is 12.8. The van der Waals surface area contributed by atoms with Crippen LogP contribution in [0.5, 0.6) is 0 Å². The molecule has 2 aromatic rings. The quantitative estimate of drug-likeness (QED) is 0.240. The summed E-state index contributed by atoms with van der Waals surface area (Å²) in [5, 5.41) is 11.2. The van der Waals surface area contributed by atoms with Crippen LogP contribution in [0.4, 0.5) is 0 Å². The van der Waals surface area contributed by atoms with Gasteiger partial charge in [-0.05, 0) is 75.7 Å². The molecule has 0 aliphatic carbocycles. The molecule has 0 saturated carbocycles. The monoisotopic (exact) mass is 563 g/mol. The van der Waals surface area contributed by atoms with Crippen LogP contribution in [0.3, 0.4) is 0 Å². The molecular formula is C24H33N7O5S2. The van der Waals surface area contributed by atoms with Crippen molar-refractivity contribution in [1.82, 2.24) is 29.9 Å². The molecule has 0 fully saturated rings. The molecule has 1 atom stereocenters. The lowest BCUT2D eigenvalue weighted by Gasteiger charge is -2.16. The smallest absolute Gasteiger partial charge is 0.257 e. The number of guanidine groups is 1. The highest BCUT2D eigenvalue weighted by atomic mass is 32.2. The number of aliphatic imine (C=N–C) groups is 1. The van der Waals surface area contributed by atoms with Gasteiger partial charge in [-0.2, -0.15) is 0 Å². The number of sulfonamides is 1. The van der Waals surface area contributed by atoms with E-state index in [9.17, 15) is 22.2 Å². The summed E-state index contributed by atoms with van der Waals surface area (Å²) < 4.78 is 39.3. The molecule has 1 unspecified atom stereocenters. The van der Waals surface area contributed by atoms with Gasteiger partial charge in [-0.1, -0.05) is 0 Å². The lowest BCUT2D eigenvalue weighted by atomic mass is 10.2. The van der Waals surface area contributed by atoms with E-state index in [1.807, 2.05) is 0 Å². The maximum Gasteiger partial charge on any atom is 0.257 e. The predicted molar refractivity (Wildman–Crippen MR) is 147 cm³/mol. The number of likely N-dealkylation sites (N-methyl/N-ethyl adjacent to an activating group) is 1. The summed E-state index contributed by atoms with van der Waals surface area (Å²) in [6.45, 7) is 0.399. The summed E-state index contributed by atoms with van der Waals surface area (Å²) in [6, 6.07) is 11.8. The Kier molecular flexibility index (Phi) is 11.3. The molecule has 2 amide bonds. The molecule has 0 radical (unpaired) electrons. The lowest BCUT2D eigenvalue weighted by Crippen LogP contribution is -2.44. The Morgan fingerprint density at radius 1 is 0.895 bits per heavy atom. The largest absolute Gasteiger partial charge is 0.316 e. The first-order valence-electron chi connectivity index (χ1n) is 11.3. The normalized spacial score (nSPS) is 13.4. The molecule has 0 aromatic heterocycles. The molecule has 0 spiro atoms. The number of hydrogen-bond donors (Lipinski definition) is 4. The highest BCUT2D eigenvalue weighted by Gasteiger charge is 2.18. The van der Waals surface area contributed by atoms with Crippen molar-refractivity contribution in [3.8, 4) is 0 Å². The Morgan fingerprint density at radius 3 is 1.89 bits per heavy atom. The number of amides is 2. The molecule has 12 nitrogen and oxygen atoms in total. The van der Waals surface area contributed by atoms with E-state index in [1.165, 1.54) is 45.4 Å². The summed E-state index contributed by atoms with van der Waals surface area (Å²) >= 11 is 0. The molecule has 0 bridgehead atoms. The SMILES string of the molecule is CN=C(NC(=O)c1ccc(S(=O)(=O)N(C)C)cc1)N/C(=C\CNC)NC(=O)c1ccc(S(=O)N(C)C)cc1. The standard InChI is InChI=1S/C24H33N7O5S2/c1-25-16-15-21(27-22(32)17-7-11-19(12-8-17)37(34)30(3)4)28-24(26-2)29-23(33)18-9-13-20(14-10-18)38(35,36)31(5)6/h7-15,25H,16H2,1-6H3,(H,27,32)(H2,26,28,29,33)/b21-15-. The van der Waals surface area contributed by atoms with Gasteiger partial charge in [0.25, 0.3) is 11.8 Å². The molecule has 0 aliphatic heterocycles. The number of rotatable bonds is 10. The minimum atomic E-state index is -3.62. The Hall–Kier alpha value is -3.43. The summed E-state index contributed by atoms with van der Waals surface area (Å²) in [7, 11) is 4.47. The van der Waals surface area contributed by atoms with Gasteiger partial charge in [0.1, 0.15) is 16.8 Å². The van der Waals surface area contributed by atoms with Crippen molar-refractivity contribution in [3.05, 3.63) is 71.6 Å². The van der Waals surface area contributed by atoms with Crippen LogP contribution < -0.4 is 21.3 Å². The van der Waals surface area contributed by atoms with Crippen LogP contribution in [0.1, 0.15) is 20.7 Å². The van der Waals surface area contributed by atoms with Crippen molar-refractivity contribution in [1.29, 1.82) is 0 Å². The molecule has 4 N–H and O–H groups in total. The van der Waals surface area contributed by atoms with E-state index >= 15 is 0 Å². The number of hydrogen-bond acceptors (Lipinski definition) is 7. The van der Waals surface area contributed by atoms with Crippen LogP contribution in [-0.4, -0.2) is 87.8 Å². The van der Waals surface area contributed by atoms with Crippen LogP contribution in [0, 0.1) is 0 Å². The fourth-order valence-corrected chi connectivity index (χ4v) is 4.60. The van der Waals surface area contributed by atoms with E-state index < -0.39 is 32.8 Å². The summed E-state index contributed by atoms with van der Waals surface area (Å²) in [6.07, 6.45) is 1.66. The first-order valence-corrected chi connectivity index (χ1v) is 13.9. The van der Waals surface area contributed by atoms with Crippen LogP contribution >= 0.6 is 0 Å². The van der Waals surface area contributed by atoms with Crippen LogP contribution in [-0.2, 0) is 21.0 Å². The maximum atomic E-state index is 12.8. The zero-order valence-electron chi connectivity index (χ0n) is 22.1. The minimum Gasteiger partial charge on any atom is -0.316 e. The van der Waals surface area contributed by atoms with Crippen molar-refractivity contribution in [2.45, 2.75) is 9.79 Å². The zero-order chi connectivity index (χ0) is 28.5. The van der Waals surface area contributed by atoms with E-state index in [-0.39, 0.29) is 22.2 Å². The molecule has 206 valence electrons. The summed E-state index contributed by atoms with van der Waals surface area (Å²) in [5.41, 5.74) is 0.555.